The fraction of sp³-hybridized carbons (Fsp3) is 0.111. The van der Waals surface area contributed by atoms with Gasteiger partial charge in [-0.2, -0.15) is 0 Å². The summed E-state index contributed by atoms with van der Waals surface area (Å²) in [6.07, 6.45) is 2.68. The van der Waals surface area contributed by atoms with Gasteiger partial charge in [0.05, 0.1) is 5.52 Å². The Morgan fingerprint density at radius 1 is 1.14 bits per heavy atom. The first-order valence-corrected chi connectivity index (χ1v) is 6.90. The minimum atomic E-state index is 0.639. The van der Waals surface area contributed by atoms with E-state index in [1.807, 2.05) is 30.3 Å². The number of para-hydroxylation sites is 1. The molecule has 3 heteroatoms. The first kappa shape index (κ1) is 13.3. The van der Waals surface area contributed by atoms with Gasteiger partial charge in [0.25, 0.3) is 0 Å². The predicted octanol–water partition coefficient (Wildman–Crippen LogP) is 3.97. The number of aromatic nitrogens is 1. The van der Waals surface area contributed by atoms with Crippen LogP contribution in [0.5, 0.6) is 0 Å². The second-order valence-electron chi connectivity index (χ2n) is 5.06. The highest BCUT2D eigenvalue weighted by atomic mass is 16.1. The van der Waals surface area contributed by atoms with Crippen LogP contribution in [-0.2, 0) is 6.54 Å². The first-order valence-electron chi connectivity index (χ1n) is 6.90. The lowest BCUT2D eigenvalue weighted by Crippen LogP contribution is -2.03. The van der Waals surface area contributed by atoms with Gasteiger partial charge in [-0.05, 0) is 36.8 Å². The maximum atomic E-state index is 11.1. The minimum Gasteiger partial charge on any atom is -0.380 e. The van der Waals surface area contributed by atoms with E-state index in [1.54, 1.807) is 6.20 Å². The van der Waals surface area contributed by atoms with Crippen molar-refractivity contribution in [3.8, 4) is 0 Å². The summed E-state index contributed by atoms with van der Waals surface area (Å²) < 4.78 is 0. The summed E-state index contributed by atoms with van der Waals surface area (Å²) in [4.78, 5) is 15.5. The van der Waals surface area contributed by atoms with Crippen LogP contribution in [0, 0.1) is 6.92 Å². The normalized spacial score (nSPS) is 10.5. The Labute approximate surface area is 123 Å². The van der Waals surface area contributed by atoms with Gasteiger partial charge in [0.1, 0.15) is 0 Å². The lowest BCUT2D eigenvalue weighted by molar-refractivity contribution is 0.112. The zero-order valence-corrected chi connectivity index (χ0v) is 11.8. The summed E-state index contributed by atoms with van der Waals surface area (Å²) in [7, 11) is 0. The van der Waals surface area contributed by atoms with Gasteiger partial charge >= 0.3 is 0 Å². The molecule has 1 aromatic heterocycles. The third kappa shape index (κ3) is 2.77. The van der Waals surface area contributed by atoms with E-state index in [4.69, 9.17) is 0 Å². The number of hydrogen-bond acceptors (Lipinski definition) is 3. The molecule has 3 aromatic rings. The maximum absolute atomic E-state index is 11.1. The number of aryl methyl sites for hydroxylation is 1. The smallest absolute Gasteiger partial charge is 0.152 e. The van der Waals surface area contributed by atoms with Crippen LogP contribution in [0.25, 0.3) is 10.9 Å². The molecule has 0 atom stereocenters. The summed E-state index contributed by atoms with van der Waals surface area (Å²) in [6, 6.07) is 15.8. The minimum absolute atomic E-state index is 0.639. The number of fused-ring (bicyclic) bond motifs is 1. The molecule has 3 nitrogen and oxygen atoms in total. The van der Waals surface area contributed by atoms with Crippen LogP contribution in [0.2, 0.25) is 0 Å². The molecule has 3 rings (SSSR count). The number of rotatable bonds is 4. The van der Waals surface area contributed by atoms with Crippen molar-refractivity contribution < 1.29 is 4.79 Å². The summed E-state index contributed by atoms with van der Waals surface area (Å²) in [6.45, 7) is 2.72. The topological polar surface area (TPSA) is 42.0 Å². The van der Waals surface area contributed by atoms with Gasteiger partial charge in [-0.25, -0.2) is 0 Å². The van der Waals surface area contributed by atoms with E-state index >= 15 is 0 Å². The van der Waals surface area contributed by atoms with E-state index < -0.39 is 0 Å². The number of hydrogen-bond donors (Lipinski definition) is 1. The zero-order chi connectivity index (χ0) is 14.7. The molecular formula is C18H16N2O. The molecule has 2 aromatic carbocycles. The van der Waals surface area contributed by atoms with Gasteiger partial charge in [0, 0.05) is 29.4 Å². The fourth-order valence-electron chi connectivity index (χ4n) is 2.52. The monoisotopic (exact) mass is 276 g/mol. The second-order valence-corrected chi connectivity index (χ2v) is 5.06. The average Bonchev–Trinajstić information content (AvgIpc) is 2.52. The van der Waals surface area contributed by atoms with Crippen molar-refractivity contribution in [1.29, 1.82) is 0 Å². The zero-order valence-electron chi connectivity index (χ0n) is 11.8. The van der Waals surface area contributed by atoms with Gasteiger partial charge in [-0.3, -0.25) is 9.78 Å². The molecule has 104 valence electrons. The van der Waals surface area contributed by atoms with Gasteiger partial charge in [0.2, 0.25) is 0 Å². The highest BCUT2D eigenvalue weighted by Crippen LogP contribution is 2.21. The van der Waals surface area contributed by atoms with Crippen LogP contribution >= 0.6 is 0 Å². The van der Waals surface area contributed by atoms with E-state index in [-0.39, 0.29) is 0 Å². The molecule has 0 aliphatic carbocycles. The van der Waals surface area contributed by atoms with Crippen LogP contribution in [0.4, 0.5) is 5.69 Å². The quantitative estimate of drug-likeness (QED) is 0.733. The van der Waals surface area contributed by atoms with Gasteiger partial charge < -0.3 is 5.32 Å². The van der Waals surface area contributed by atoms with E-state index in [2.05, 4.69) is 35.4 Å². The predicted molar refractivity (Wildman–Crippen MR) is 85.6 cm³/mol. The molecular weight excluding hydrogens is 260 g/mol. The molecule has 21 heavy (non-hydrogen) atoms. The van der Waals surface area contributed by atoms with Crippen LogP contribution in [0.3, 0.4) is 0 Å². The van der Waals surface area contributed by atoms with Crippen molar-refractivity contribution >= 4 is 22.9 Å². The average molecular weight is 276 g/mol. The lowest BCUT2D eigenvalue weighted by atomic mass is 10.1. The Morgan fingerprint density at radius 2 is 2.00 bits per heavy atom. The van der Waals surface area contributed by atoms with E-state index in [9.17, 15) is 4.79 Å². The van der Waals surface area contributed by atoms with Crippen molar-refractivity contribution in [2.24, 2.45) is 0 Å². The van der Waals surface area contributed by atoms with Gasteiger partial charge in [-0.1, -0.05) is 29.8 Å². The molecule has 0 saturated carbocycles. The van der Waals surface area contributed by atoms with Crippen molar-refractivity contribution in [3.63, 3.8) is 0 Å². The molecule has 0 amide bonds. The Morgan fingerprint density at radius 3 is 2.86 bits per heavy atom. The number of carbonyl (C=O) groups excluding carboxylic acids is 1. The van der Waals surface area contributed by atoms with Crippen molar-refractivity contribution in [2.45, 2.75) is 13.5 Å². The van der Waals surface area contributed by atoms with Crippen LogP contribution < -0.4 is 5.32 Å². The molecule has 0 aliphatic heterocycles. The van der Waals surface area contributed by atoms with Crippen LogP contribution in [-0.4, -0.2) is 11.3 Å². The number of anilines is 1. The molecule has 0 saturated heterocycles. The van der Waals surface area contributed by atoms with Crippen LogP contribution in [0.1, 0.15) is 21.5 Å². The summed E-state index contributed by atoms with van der Waals surface area (Å²) in [5, 5.41) is 4.47. The third-order valence-corrected chi connectivity index (χ3v) is 3.49. The largest absolute Gasteiger partial charge is 0.380 e. The highest BCUT2D eigenvalue weighted by Gasteiger charge is 2.05. The molecule has 0 bridgehead atoms. The molecule has 0 spiro atoms. The van der Waals surface area contributed by atoms with Crippen molar-refractivity contribution in [2.75, 3.05) is 5.32 Å². The Hall–Kier alpha value is -2.68. The number of carbonyl (C=O) groups is 1. The van der Waals surface area contributed by atoms with Gasteiger partial charge in [-0.15, -0.1) is 0 Å². The molecule has 1 heterocycles. The molecule has 0 radical (unpaired) electrons. The molecule has 0 unspecified atom stereocenters. The Kier molecular flexibility index (Phi) is 3.65. The van der Waals surface area contributed by atoms with Crippen molar-refractivity contribution in [1.82, 2.24) is 4.98 Å². The SMILES string of the molecule is Cc1cc(CNc2ccccc2C=O)c2ncccc2c1. The maximum Gasteiger partial charge on any atom is 0.152 e. The van der Waals surface area contributed by atoms with E-state index in [0.717, 1.165) is 28.4 Å². The Bertz CT molecular complexity index is 796. The highest BCUT2D eigenvalue weighted by molar-refractivity contribution is 5.85. The number of nitrogens with zero attached hydrogens (tertiary/aromatic N) is 1. The van der Waals surface area contributed by atoms with Crippen LogP contribution in [0.15, 0.2) is 54.7 Å². The number of pyridine rings is 1. The third-order valence-electron chi connectivity index (χ3n) is 3.49. The number of nitrogens with one attached hydrogen (secondary N) is 1. The lowest BCUT2D eigenvalue weighted by Gasteiger charge is -2.11. The first-order chi connectivity index (χ1) is 10.3. The molecule has 1 N–H and O–H groups in total. The fourth-order valence-corrected chi connectivity index (χ4v) is 2.52. The summed E-state index contributed by atoms with van der Waals surface area (Å²) >= 11 is 0. The number of aldehydes is 1. The van der Waals surface area contributed by atoms with Crippen molar-refractivity contribution in [3.05, 3.63) is 71.4 Å². The Balaban J connectivity index is 1.93. The second kappa shape index (κ2) is 5.75. The van der Waals surface area contributed by atoms with E-state index in [1.165, 1.54) is 5.56 Å². The van der Waals surface area contributed by atoms with E-state index in [0.29, 0.717) is 12.1 Å². The number of benzene rings is 2. The summed E-state index contributed by atoms with van der Waals surface area (Å²) in [5.41, 5.74) is 4.85. The van der Waals surface area contributed by atoms with Gasteiger partial charge in [0.15, 0.2) is 6.29 Å². The summed E-state index contributed by atoms with van der Waals surface area (Å²) in [5.74, 6) is 0. The molecule has 0 fully saturated rings. The molecule has 0 aliphatic rings. The standard InChI is InChI=1S/C18H16N2O/c1-13-9-14-6-4-8-19-18(14)16(10-13)11-20-17-7-3-2-5-15(17)12-21/h2-10,12,20H,11H2,1H3.